The Morgan fingerprint density at radius 3 is 1.17 bits per heavy atom. The highest BCUT2D eigenvalue weighted by Gasteiger charge is 2.46. The lowest BCUT2D eigenvalue weighted by atomic mass is 9.33. The minimum atomic E-state index is -0.915. The van der Waals surface area contributed by atoms with Crippen molar-refractivity contribution in [3.63, 3.8) is 0 Å². The molecule has 0 spiro atoms. The van der Waals surface area contributed by atoms with Crippen LogP contribution in [0.25, 0.3) is 94.4 Å². The van der Waals surface area contributed by atoms with E-state index in [-0.39, 0.29) is 49.7 Å². The largest absolute Gasteiger partial charge is 0.310 e. The second-order valence-electron chi connectivity index (χ2n) is 27.4. The second-order valence-corrected chi connectivity index (χ2v) is 27.4. The van der Waals surface area contributed by atoms with Gasteiger partial charge < -0.3 is 14.4 Å². The summed E-state index contributed by atoms with van der Waals surface area (Å²) in [6.07, 6.45) is 0. The normalized spacial score (nSPS) is 15.6. The van der Waals surface area contributed by atoms with Crippen molar-refractivity contribution in [3.8, 4) is 72.6 Å². The Hall–Kier alpha value is -10.7. The van der Waals surface area contributed by atoms with Crippen LogP contribution in [0.5, 0.6) is 0 Å². The van der Waals surface area contributed by atoms with Crippen LogP contribution in [0, 0.1) is 0 Å². The van der Waals surface area contributed by atoms with E-state index < -0.39 is 132 Å². The molecule has 0 fully saturated rings. The molecule has 0 bridgehead atoms. The van der Waals surface area contributed by atoms with Gasteiger partial charge in [0.25, 0.3) is 6.71 Å². The molecule has 14 aromatic rings. The highest BCUT2D eigenvalue weighted by Crippen LogP contribution is 2.55. The summed E-state index contributed by atoms with van der Waals surface area (Å²) >= 11 is 0. The molecule has 5 heteroatoms. The van der Waals surface area contributed by atoms with E-state index in [4.69, 9.17) is 13.2 Å². The molecule has 454 valence electrons. The third kappa shape index (κ3) is 9.96. The van der Waals surface area contributed by atoms with E-state index in [0.29, 0.717) is 67.3 Å². The zero-order valence-electron chi connectivity index (χ0n) is 71.7. The van der Waals surface area contributed by atoms with Crippen LogP contribution < -0.4 is 26.2 Å². The molecular formula is C89H75BN4. The molecule has 94 heavy (non-hydrogen) atoms. The maximum absolute atomic E-state index is 10.1. The second kappa shape index (κ2) is 22.5. The van der Waals surface area contributed by atoms with E-state index in [0.717, 1.165) is 44.6 Å². The van der Waals surface area contributed by atoms with Crippen LogP contribution in [0.3, 0.4) is 0 Å². The van der Waals surface area contributed by atoms with Crippen molar-refractivity contribution < 1.29 is 24.7 Å². The monoisotopic (exact) mass is 1230 g/mol. The molecule has 0 unspecified atom stereocenters. The smallest absolute Gasteiger partial charge is 0.252 e. The Labute approximate surface area is 579 Å². The van der Waals surface area contributed by atoms with Crippen molar-refractivity contribution in [2.45, 2.75) is 78.6 Å². The number of pyridine rings is 1. The standard InChI is InChI=1S/C89H75BN4/c1-87(2,3)65-52-70(60-34-19-12-20-35-60)85(71(53-65)61-36-21-13-22-37-61)93-79-50-63(58-30-15-10-16-31-58)46-48-74(79)90-75-49-47-64(59-32-17-11-18-33-59)51-80(75)94(82-57-67(56-81(93)84(82)90)92-77-43-27-25-40-68(77)69-41-26-28-44-78(69)92)86-72(62-38-23-14-24-39-62)54-66(88(4,5)6)55-73(86)76-42-29-45-83(91-76)89(7,8)9/h10-57H,1-9H3/i10D,11D,15D,16D,17D,18D,25D,26D,27D,28D,30D,31D,32D,33D,40D,41D,43D,44D. The quantitative estimate of drug-likeness (QED) is 0.135. The lowest BCUT2D eigenvalue weighted by molar-refractivity contribution is 0.569. The summed E-state index contributed by atoms with van der Waals surface area (Å²) in [4.78, 5) is 9.84. The van der Waals surface area contributed by atoms with E-state index in [1.807, 2.05) is 146 Å². The predicted molar refractivity (Wildman–Crippen MR) is 401 cm³/mol. The Bertz CT molecular complexity index is 6190. The minimum absolute atomic E-state index is 0.0838. The number of hydrogen-bond donors (Lipinski definition) is 0. The van der Waals surface area contributed by atoms with Crippen LogP contribution in [-0.2, 0) is 16.2 Å². The Morgan fingerprint density at radius 1 is 0.340 bits per heavy atom. The summed E-state index contributed by atoms with van der Waals surface area (Å²) in [5.74, 6) is 0. The molecule has 0 radical (unpaired) electrons. The minimum Gasteiger partial charge on any atom is -0.310 e. The summed E-state index contributed by atoms with van der Waals surface area (Å²) in [5.41, 5.74) is 11.8. The fraction of sp³-hybridized carbons (Fsp3) is 0.135. The highest BCUT2D eigenvalue weighted by molar-refractivity contribution is 7.00. The summed E-state index contributed by atoms with van der Waals surface area (Å²) < 4.78 is 172. The van der Waals surface area contributed by atoms with Crippen LogP contribution in [0.2, 0.25) is 0 Å². The van der Waals surface area contributed by atoms with E-state index in [2.05, 4.69) is 96.4 Å². The summed E-state index contributed by atoms with van der Waals surface area (Å²) in [5, 5.41) is -0.334. The number of fused-ring (bicyclic) bond motifs is 7. The van der Waals surface area contributed by atoms with Crippen molar-refractivity contribution in [2.75, 3.05) is 9.80 Å². The van der Waals surface area contributed by atoms with Gasteiger partial charge in [-0.25, -0.2) is 0 Å². The lowest BCUT2D eigenvalue weighted by Crippen LogP contribution is -2.61. The van der Waals surface area contributed by atoms with Gasteiger partial charge in [0.1, 0.15) is 0 Å². The molecule has 12 aromatic carbocycles. The zero-order valence-corrected chi connectivity index (χ0v) is 53.7. The summed E-state index contributed by atoms with van der Waals surface area (Å²) in [6.45, 7) is 18.2. The number of rotatable bonds is 9. The van der Waals surface area contributed by atoms with Crippen molar-refractivity contribution in [2.24, 2.45) is 0 Å². The Kier molecular flexibility index (Phi) is 9.99. The van der Waals surface area contributed by atoms with Gasteiger partial charge in [-0.2, -0.15) is 0 Å². The third-order valence-corrected chi connectivity index (χ3v) is 18.4. The molecule has 2 aliphatic heterocycles. The number of para-hydroxylation sites is 2. The molecule has 0 amide bonds. The van der Waals surface area contributed by atoms with E-state index >= 15 is 0 Å². The molecule has 2 aliphatic rings. The molecule has 0 saturated heterocycles. The molecular weight excluding hydrogens is 1140 g/mol. The first-order valence-corrected chi connectivity index (χ1v) is 31.7. The van der Waals surface area contributed by atoms with Crippen molar-refractivity contribution in [1.82, 2.24) is 9.55 Å². The van der Waals surface area contributed by atoms with Crippen molar-refractivity contribution in [1.29, 1.82) is 0 Å². The molecule has 4 nitrogen and oxygen atoms in total. The van der Waals surface area contributed by atoms with Gasteiger partial charge in [0, 0.05) is 66.9 Å². The van der Waals surface area contributed by atoms with Crippen LogP contribution in [0.4, 0.5) is 34.1 Å². The van der Waals surface area contributed by atoms with Gasteiger partial charge in [0.15, 0.2) is 0 Å². The van der Waals surface area contributed by atoms with Crippen LogP contribution in [0.1, 0.15) is 104 Å². The lowest BCUT2D eigenvalue weighted by Gasteiger charge is -2.46. The molecule has 4 heterocycles. The van der Waals surface area contributed by atoms with Gasteiger partial charge in [-0.3, -0.25) is 4.98 Å². The number of hydrogen-bond acceptors (Lipinski definition) is 3. The fourth-order valence-corrected chi connectivity index (χ4v) is 13.7. The van der Waals surface area contributed by atoms with E-state index in [1.54, 1.807) is 12.1 Å². The number of anilines is 6. The van der Waals surface area contributed by atoms with Gasteiger partial charge in [-0.15, -0.1) is 0 Å². The summed E-state index contributed by atoms with van der Waals surface area (Å²) in [6, 6.07) is 49.2. The van der Waals surface area contributed by atoms with Crippen molar-refractivity contribution in [3.05, 3.63) is 308 Å². The van der Waals surface area contributed by atoms with Crippen LogP contribution in [-0.4, -0.2) is 16.3 Å². The Balaban J connectivity index is 1.21. The molecule has 0 N–H and O–H groups in total. The molecule has 0 aliphatic carbocycles. The van der Waals surface area contributed by atoms with Gasteiger partial charge >= 0.3 is 0 Å². The molecule has 0 atom stereocenters. The average molecular weight is 1230 g/mol. The first-order chi connectivity index (χ1) is 53.0. The average Bonchev–Trinajstić information content (AvgIpc) is 1.02. The van der Waals surface area contributed by atoms with Gasteiger partial charge in [0.05, 0.1) is 58.5 Å². The molecule has 0 saturated carbocycles. The number of nitrogens with zero attached hydrogens (tertiary/aromatic N) is 4. The maximum Gasteiger partial charge on any atom is 0.252 e. The van der Waals surface area contributed by atoms with Gasteiger partial charge in [0.2, 0.25) is 0 Å². The molecule has 2 aromatic heterocycles. The topological polar surface area (TPSA) is 24.3 Å². The van der Waals surface area contributed by atoms with Crippen LogP contribution >= 0.6 is 0 Å². The maximum atomic E-state index is 10.1. The van der Waals surface area contributed by atoms with Crippen molar-refractivity contribution >= 4 is 79.0 Å². The van der Waals surface area contributed by atoms with E-state index in [9.17, 15) is 16.4 Å². The van der Waals surface area contributed by atoms with Gasteiger partial charge in [-0.1, -0.05) is 280 Å². The summed E-state index contributed by atoms with van der Waals surface area (Å²) in [7, 11) is 0. The third-order valence-electron chi connectivity index (χ3n) is 18.4. The Morgan fingerprint density at radius 2 is 0.745 bits per heavy atom. The van der Waals surface area contributed by atoms with Gasteiger partial charge in [-0.05, 0) is 150 Å². The van der Waals surface area contributed by atoms with Crippen LogP contribution in [0.15, 0.2) is 291 Å². The zero-order chi connectivity index (χ0) is 79.9. The predicted octanol–water partition coefficient (Wildman–Crippen LogP) is 22.2. The first kappa shape index (κ1) is 41.7. The number of aromatic nitrogens is 2. The number of benzene rings is 12. The first-order valence-electron chi connectivity index (χ1n) is 40.7. The highest BCUT2D eigenvalue weighted by atomic mass is 15.2. The fourth-order valence-electron chi connectivity index (χ4n) is 13.7. The SMILES string of the molecule is [2H]c1c([2H])c([2H])c(-c2ccc3c(c2)N(c2c(-c4ccccc4)cc(C(C)(C)C)cc2-c2ccccc2)c2cc(-n4c5c([2H])c([2H])c([2H])c([2H])c5c5c([2H])c([2H])c([2H])c([2H])c54)cc4c2B3c2ccc(-c3c([2H])c([2H])c([2H])c([2H])c3[2H])cc2N4c2c(-c3ccccc3)cc(C(C)(C)C)cc2-c2cccc(C(C)(C)C)n2)c([2H])c1[2H]. The molecule has 16 rings (SSSR count). The van der Waals surface area contributed by atoms with E-state index in [1.165, 1.54) is 4.57 Å².